The lowest BCUT2D eigenvalue weighted by Crippen LogP contribution is -2.17. The fourth-order valence-electron chi connectivity index (χ4n) is 2.15. The maximum atomic E-state index is 12.4. The van der Waals surface area contributed by atoms with Crippen molar-refractivity contribution in [1.82, 2.24) is 0 Å². The maximum Gasteiger partial charge on any atom is 0.255 e. The zero-order chi connectivity index (χ0) is 17.9. The molecule has 0 aromatic heterocycles. The maximum absolute atomic E-state index is 12.4. The van der Waals surface area contributed by atoms with Crippen molar-refractivity contribution in [3.63, 3.8) is 0 Å². The van der Waals surface area contributed by atoms with Crippen LogP contribution in [0.2, 0.25) is 0 Å². The highest BCUT2D eigenvalue weighted by Gasteiger charge is 2.18. The quantitative estimate of drug-likeness (QED) is 0.856. The summed E-state index contributed by atoms with van der Waals surface area (Å²) in [6.45, 7) is 1.88. The summed E-state index contributed by atoms with van der Waals surface area (Å²) in [7, 11) is -1.21. The van der Waals surface area contributed by atoms with Crippen molar-refractivity contribution in [2.75, 3.05) is 19.5 Å². The highest BCUT2D eigenvalue weighted by atomic mass is 32.2. The third kappa shape index (κ3) is 3.84. The zero-order valence-corrected chi connectivity index (χ0v) is 14.3. The van der Waals surface area contributed by atoms with Crippen molar-refractivity contribution in [2.24, 2.45) is 5.14 Å². The minimum atomic E-state index is -4.02. The molecule has 0 aliphatic heterocycles. The molecule has 0 aliphatic carbocycles. The predicted octanol–water partition coefficient (Wildman–Crippen LogP) is 1.91. The Hall–Kier alpha value is -2.58. The molecule has 2 aromatic rings. The third-order valence-electron chi connectivity index (χ3n) is 3.34. The van der Waals surface area contributed by atoms with Gasteiger partial charge in [0.2, 0.25) is 10.0 Å². The molecule has 8 heteroatoms. The van der Waals surface area contributed by atoms with Gasteiger partial charge in [0.15, 0.2) is 0 Å². The average molecular weight is 350 g/mol. The van der Waals surface area contributed by atoms with Crippen LogP contribution in [0.25, 0.3) is 0 Å². The first-order valence-corrected chi connectivity index (χ1v) is 8.47. The number of nitrogens with two attached hydrogens (primary N) is 1. The van der Waals surface area contributed by atoms with Crippen LogP contribution in [0.3, 0.4) is 0 Å². The Labute approximate surface area is 140 Å². The summed E-state index contributed by atoms with van der Waals surface area (Å²) >= 11 is 0. The lowest BCUT2D eigenvalue weighted by molar-refractivity contribution is 0.102. The first-order valence-electron chi connectivity index (χ1n) is 6.93. The van der Waals surface area contributed by atoms with Crippen LogP contribution < -0.4 is 19.9 Å². The van der Waals surface area contributed by atoms with Gasteiger partial charge in [-0.3, -0.25) is 4.79 Å². The molecule has 2 rings (SSSR count). The molecule has 3 N–H and O–H groups in total. The number of sulfonamides is 1. The second kappa shape index (κ2) is 6.90. The van der Waals surface area contributed by atoms with Crippen molar-refractivity contribution in [2.45, 2.75) is 11.8 Å². The van der Waals surface area contributed by atoms with Gasteiger partial charge in [0.1, 0.15) is 16.4 Å². The monoisotopic (exact) mass is 350 g/mol. The molecule has 0 atom stereocenters. The summed E-state index contributed by atoms with van der Waals surface area (Å²) in [5.74, 6) is 0.0720. The van der Waals surface area contributed by atoms with Crippen LogP contribution in [0.1, 0.15) is 15.9 Å². The van der Waals surface area contributed by atoms with Gasteiger partial charge in [0, 0.05) is 5.56 Å². The number of nitrogens with one attached hydrogen (secondary N) is 1. The fraction of sp³-hybridized carbons (Fsp3) is 0.188. The number of amides is 1. The van der Waals surface area contributed by atoms with Crippen molar-refractivity contribution in [1.29, 1.82) is 0 Å². The van der Waals surface area contributed by atoms with E-state index in [2.05, 4.69) is 5.32 Å². The normalized spacial score (nSPS) is 11.0. The number of rotatable bonds is 5. The first kappa shape index (κ1) is 17.8. The number of aryl methyl sites for hydroxylation is 1. The molecule has 0 saturated heterocycles. The molecule has 1 amide bonds. The fourth-order valence-corrected chi connectivity index (χ4v) is 2.88. The summed E-state index contributed by atoms with van der Waals surface area (Å²) in [4.78, 5) is 12.2. The first-order chi connectivity index (χ1) is 11.3. The summed E-state index contributed by atoms with van der Waals surface area (Å²) in [5.41, 5.74) is 1.55. The molecule has 2 aromatic carbocycles. The number of carbonyl (C=O) groups is 1. The summed E-state index contributed by atoms with van der Waals surface area (Å²) in [6, 6.07) is 9.33. The van der Waals surface area contributed by atoms with E-state index in [0.29, 0.717) is 11.4 Å². The number of primary sulfonamides is 1. The van der Waals surface area contributed by atoms with Crippen LogP contribution >= 0.6 is 0 Å². The number of hydrogen-bond acceptors (Lipinski definition) is 5. The van der Waals surface area contributed by atoms with E-state index in [4.69, 9.17) is 14.6 Å². The summed E-state index contributed by atoms with van der Waals surface area (Å²) in [6.07, 6.45) is 0. The lowest BCUT2D eigenvalue weighted by Gasteiger charge is -2.12. The molecule has 24 heavy (non-hydrogen) atoms. The van der Waals surface area contributed by atoms with Crippen molar-refractivity contribution in [3.05, 3.63) is 47.5 Å². The van der Waals surface area contributed by atoms with Crippen LogP contribution in [-0.4, -0.2) is 28.5 Å². The van der Waals surface area contributed by atoms with Crippen LogP contribution in [0.4, 0.5) is 5.69 Å². The van der Waals surface area contributed by atoms with E-state index < -0.39 is 15.9 Å². The molecule has 0 spiro atoms. The largest absolute Gasteiger partial charge is 0.495 e. The number of carbonyl (C=O) groups excluding carboxylic acids is 1. The van der Waals surface area contributed by atoms with Gasteiger partial charge in [0.05, 0.1) is 19.9 Å². The number of anilines is 1. The van der Waals surface area contributed by atoms with Gasteiger partial charge in [-0.25, -0.2) is 13.6 Å². The van der Waals surface area contributed by atoms with E-state index >= 15 is 0 Å². The highest BCUT2D eigenvalue weighted by Crippen LogP contribution is 2.27. The van der Waals surface area contributed by atoms with E-state index in [9.17, 15) is 13.2 Å². The number of ether oxygens (including phenoxy) is 2. The van der Waals surface area contributed by atoms with Crippen LogP contribution in [0.15, 0.2) is 41.3 Å². The standard InChI is InChI=1S/C16H18N2O5S/c1-10-4-6-13(22-2)12(8-10)18-16(19)11-5-7-14(23-3)15(9-11)24(17,20)21/h4-9H,1-3H3,(H,18,19)(H2,17,20,21). The molecule has 0 radical (unpaired) electrons. The van der Waals surface area contributed by atoms with Crippen molar-refractivity contribution in [3.8, 4) is 11.5 Å². The van der Waals surface area contributed by atoms with Gasteiger partial charge in [-0.05, 0) is 42.8 Å². The Morgan fingerprint density at radius 2 is 1.67 bits per heavy atom. The topological polar surface area (TPSA) is 108 Å². The second-order valence-corrected chi connectivity index (χ2v) is 6.60. The summed E-state index contributed by atoms with van der Waals surface area (Å²) < 4.78 is 33.4. The van der Waals surface area contributed by atoms with Gasteiger partial charge >= 0.3 is 0 Å². The molecule has 0 aliphatic rings. The van der Waals surface area contributed by atoms with E-state index in [1.807, 2.05) is 13.0 Å². The zero-order valence-electron chi connectivity index (χ0n) is 13.5. The smallest absolute Gasteiger partial charge is 0.255 e. The van der Waals surface area contributed by atoms with E-state index in [-0.39, 0.29) is 16.2 Å². The minimum Gasteiger partial charge on any atom is -0.495 e. The Morgan fingerprint density at radius 1 is 1.04 bits per heavy atom. The minimum absolute atomic E-state index is 0.0715. The van der Waals surface area contributed by atoms with Crippen LogP contribution in [0, 0.1) is 6.92 Å². The Morgan fingerprint density at radius 3 is 2.25 bits per heavy atom. The number of methoxy groups -OCH3 is 2. The Bertz CT molecular complexity index is 878. The van der Waals surface area contributed by atoms with Crippen LogP contribution in [0.5, 0.6) is 11.5 Å². The molecule has 0 bridgehead atoms. The molecule has 0 unspecified atom stereocenters. The van der Waals surface area contributed by atoms with Crippen molar-refractivity contribution >= 4 is 21.6 Å². The Kier molecular flexibility index (Phi) is 5.10. The molecule has 128 valence electrons. The predicted molar refractivity (Wildman–Crippen MR) is 90.1 cm³/mol. The highest BCUT2D eigenvalue weighted by molar-refractivity contribution is 7.89. The molecular weight excluding hydrogens is 332 g/mol. The summed E-state index contributed by atoms with van der Waals surface area (Å²) in [5, 5.41) is 7.86. The molecule has 7 nitrogen and oxygen atoms in total. The van der Waals surface area contributed by atoms with Gasteiger partial charge in [-0.2, -0.15) is 0 Å². The SMILES string of the molecule is COc1ccc(C)cc1NC(=O)c1ccc(OC)c(S(N)(=O)=O)c1. The molecule has 0 heterocycles. The van der Waals surface area contributed by atoms with Gasteiger partial charge in [-0.15, -0.1) is 0 Å². The average Bonchev–Trinajstić information content (AvgIpc) is 2.53. The second-order valence-electron chi connectivity index (χ2n) is 5.07. The van der Waals surface area contributed by atoms with Gasteiger partial charge < -0.3 is 14.8 Å². The number of benzene rings is 2. The van der Waals surface area contributed by atoms with Crippen molar-refractivity contribution < 1.29 is 22.7 Å². The third-order valence-corrected chi connectivity index (χ3v) is 4.27. The Balaban J connectivity index is 2.39. The van der Waals surface area contributed by atoms with Gasteiger partial charge in [0.25, 0.3) is 5.91 Å². The molecule has 0 fully saturated rings. The molecule has 0 saturated carbocycles. The lowest BCUT2D eigenvalue weighted by atomic mass is 10.1. The van der Waals surface area contributed by atoms with E-state index in [0.717, 1.165) is 5.56 Å². The van der Waals surface area contributed by atoms with E-state index in [1.54, 1.807) is 12.1 Å². The number of hydrogen-bond donors (Lipinski definition) is 2. The molecular formula is C16H18N2O5S. The van der Waals surface area contributed by atoms with Crippen LogP contribution in [-0.2, 0) is 10.0 Å². The van der Waals surface area contributed by atoms with E-state index in [1.165, 1.54) is 32.4 Å². The van der Waals surface area contributed by atoms with Gasteiger partial charge in [-0.1, -0.05) is 6.07 Å².